The highest BCUT2D eigenvalue weighted by atomic mass is 16.3. The summed E-state index contributed by atoms with van der Waals surface area (Å²) in [7, 11) is 0. The summed E-state index contributed by atoms with van der Waals surface area (Å²) in [5, 5.41) is 16.5. The van der Waals surface area contributed by atoms with Gasteiger partial charge in [0.05, 0.1) is 28.4 Å². The van der Waals surface area contributed by atoms with Crippen LogP contribution in [0, 0.1) is 11.3 Å². The summed E-state index contributed by atoms with van der Waals surface area (Å²) in [6.45, 7) is 0. The van der Waals surface area contributed by atoms with Crippen LogP contribution in [0.1, 0.15) is 5.56 Å². The minimum absolute atomic E-state index is 0.613. The first-order chi connectivity index (χ1) is 23.2. The average molecular weight is 601 g/mol. The molecule has 0 spiro atoms. The number of fused-ring (bicyclic) bond motifs is 9. The Bertz CT molecular complexity index is 2860. The van der Waals surface area contributed by atoms with E-state index in [9.17, 15) is 5.26 Å². The summed E-state index contributed by atoms with van der Waals surface area (Å²) in [5.74, 6) is 0. The van der Waals surface area contributed by atoms with Gasteiger partial charge in [-0.15, -0.1) is 0 Å². The SMILES string of the molecule is N#Cc1ccc(-n2c3ccccc3c3ccccc32)c(-c2ccc3oc4cc5oc6ccc(-c7ccccc7)cc6c5cc4c3c2)c1. The number of nitriles is 1. The first kappa shape index (κ1) is 25.7. The number of hydrogen-bond acceptors (Lipinski definition) is 3. The van der Waals surface area contributed by atoms with Gasteiger partial charge in [0.15, 0.2) is 0 Å². The Balaban J connectivity index is 1.21. The molecule has 7 aromatic carbocycles. The Morgan fingerprint density at radius 3 is 1.66 bits per heavy atom. The molecule has 0 atom stereocenters. The van der Waals surface area contributed by atoms with E-state index in [0.29, 0.717) is 5.56 Å². The molecule has 3 heterocycles. The Hall–Kier alpha value is -6.57. The quantitative estimate of drug-likeness (QED) is 0.203. The predicted octanol–water partition coefficient (Wildman–Crippen LogP) is 11.8. The molecule has 10 aromatic rings. The van der Waals surface area contributed by atoms with Crippen molar-refractivity contribution in [2.24, 2.45) is 0 Å². The summed E-state index contributed by atoms with van der Waals surface area (Å²) < 4.78 is 15.0. The second-order valence-corrected chi connectivity index (χ2v) is 12.0. The third kappa shape index (κ3) is 3.81. The molecule has 47 heavy (non-hydrogen) atoms. The van der Waals surface area contributed by atoms with E-state index in [4.69, 9.17) is 8.83 Å². The van der Waals surface area contributed by atoms with E-state index in [1.807, 2.05) is 36.4 Å². The molecule has 0 bridgehead atoms. The maximum Gasteiger partial charge on any atom is 0.139 e. The van der Waals surface area contributed by atoms with Crippen molar-refractivity contribution in [1.82, 2.24) is 4.57 Å². The number of rotatable bonds is 3. The first-order valence-corrected chi connectivity index (χ1v) is 15.6. The van der Waals surface area contributed by atoms with Crippen molar-refractivity contribution in [2.45, 2.75) is 0 Å². The molecule has 0 aliphatic rings. The fourth-order valence-corrected chi connectivity index (χ4v) is 7.24. The van der Waals surface area contributed by atoms with E-state index in [1.54, 1.807) is 0 Å². The molecule has 0 saturated heterocycles. The molecular weight excluding hydrogens is 576 g/mol. The van der Waals surface area contributed by atoms with Gasteiger partial charge in [-0.3, -0.25) is 0 Å². The summed E-state index contributed by atoms with van der Waals surface area (Å²) in [6, 6.07) is 52.6. The van der Waals surface area contributed by atoms with Crippen molar-refractivity contribution in [3.8, 4) is 34.0 Å². The van der Waals surface area contributed by atoms with E-state index in [1.165, 1.54) is 16.3 Å². The third-order valence-corrected chi connectivity index (χ3v) is 9.43. The molecule has 3 aromatic heterocycles. The van der Waals surface area contributed by atoms with Crippen LogP contribution in [-0.2, 0) is 0 Å². The largest absolute Gasteiger partial charge is 0.456 e. The van der Waals surface area contributed by atoms with Crippen molar-refractivity contribution in [2.75, 3.05) is 0 Å². The third-order valence-electron chi connectivity index (χ3n) is 9.43. The monoisotopic (exact) mass is 600 g/mol. The molecule has 0 radical (unpaired) electrons. The van der Waals surface area contributed by atoms with Crippen LogP contribution in [0.4, 0.5) is 0 Å². The van der Waals surface area contributed by atoms with Gasteiger partial charge < -0.3 is 13.4 Å². The highest BCUT2D eigenvalue weighted by Crippen LogP contribution is 2.41. The van der Waals surface area contributed by atoms with Gasteiger partial charge in [0.2, 0.25) is 0 Å². The van der Waals surface area contributed by atoms with Crippen molar-refractivity contribution < 1.29 is 8.83 Å². The average Bonchev–Trinajstić information content (AvgIpc) is 3.79. The molecule has 0 saturated carbocycles. The van der Waals surface area contributed by atoms with Gasteiger partial charge in [-0.05, 0) is 77.4 Å². The molecule has 0 aliphatic carbocycles. The zero-order chi connectivity index (χ0) is 31.1. The molecule has 4 heteroatoms. The van der Waals surface area contributed by atoms with Crippen LogP contribution < -0.4 is 0 Å². The van der Waals surface area contributed by atoms with Crippen molar-refractivity contribution in [3.05, 3.63) is 151 Å². The van der Waals surface area contributed by atoms with E-state index in [2.05, 4.69) is 120 Å². The lowest BCUT2D eigenvalue weighted by molar-refractivity contribution is 0.656. The van der Waals surface area contributed by atoms with Crippen molar-refractivity contribution in [1.29, 1.82) is 5.26 Å². The van der Waals surface area contributed by atoms with Crippen LogP contribution in [0.25, 0.3) is 93.6 Å². The highest BCUT2D eigenvalue weighted by molar-refractivity contribution is 6.16. The van der Waals surface area contributed by atoms with Crippen LogP contribution >= 0.6 is 0 Å². The number of para-hydroxylation sites is 2. The molecule has 0 N–H and O–H groups in total. The molecule has 4 nitrogen and oxygen atoms in total. The smallest absolute Gasteiger partial charge is 0.139 e. The van der Waals surface area contributed by atoms with Crippen LogP contribution in [0.2, 0.25) is 0 Å². The zero-order valence-corrected chi connectivity index (χ0v) is 25.1. The summed E-state index contributed by atoms with van der Waals surface area (Å²) in [4.78, 5) is 0. The minimum Gasteiger partial charge on any atom is -0.456 e. The van der Waals surface area contributed by atoms with E-state index < -0.39 is 0 Å². The van der Waals surface area contributed by atoms with E-state index in [0.717, 1.165) is 77.3 Å². The molecular formula is C43H24N2O2. The fraction of sp³-hybridized carbons (Fsp3) is 0. The van der Waals surface area contributed by atoms with Crippen LogP contribution in [0.3, 0.4) is 0 Å². The lowest BCUT2D eigenvalue weighted by Gasteiger charge is -2.14. The Morgan fingerprint density at radius 1 is 0.426 bits per heavy atom. The maximum absolute atomic E-state index is 9.93. The number of nitrogens with zero attached hydrogens (tertiary/aromatic N) is 2. The first-order valence-electron chi connectivity index (χ1n) is 15.6. The van der Waals surface area contributed by atoms with Gasteiger partial charge in [0.25, 0.3) is 0 Å². The van der Waals surface area contributed by atoms with Gasteiger partial charge in [0, 0.05) is 43.9 Å². The van der Waals surface area contributed by atoms with E-state index in [-0.39, 0.29) is 0 Å². The molecule has 0 fully saturated rings. The number of aromatic nitrogens is 1. The highest BCUT2D eigenvalue weighted by Gasteiger charge is 2.18. The summed E-state index contributed by atoms with van der Waals surface area (Å²) >= 11 is 0. The Kier molecular flexibility index (Phi) is 5.32. The van der Waals surface area contributed by atoms with Gasteiger partial charge in [-0.25, -0.2) is 0 Å². The lowest BCUT2D eigenvalue weighted by atomic mass is 9.98. The number of benzene rings is 7. The summed E-state index contributed by atoms with van der Waals surface area (Å²) in [5.41, 5.74) is 11.4. The topological polar surface area (TPSA) is 55.0 Å². The van der Waals surface area contributed by atoms with E-state index >= 15 is 0 Å². The molecule has 0 aliphatic heterocycles. The predicted molar refractivity (Wildman–Crippen MR) is 191 cm³/mol. The van der Waals surface area contributed by atoms with Crippen molar-refractivity contribution >= 4 is 65.7 Å². The Morgan fingerprint density at radius 2 is 1.00 bits per heavy atom. The number of furan rings is 2. The van der Waals surface area contributed by atoms with Crippen LogP contribution in [0.15, 0.2) is 154 Å². The summed E-state index contributed by atoms with van der Waals surface area (Å²) in [6.07, 6.45) is 0. The van der Waals surface area contributed by atoms with Crippen molar-refractivity contribution in [3.63, 3.8) is 0 Å². The molecule has 218 valence electrons. The maximum atomic E-state index is 9.93. The molecule has 0 amide bonds. The normalized spacial score (nSPS) is 11.8. The van der Waals surface area contributed by atoms with Gasteiger partial charge in [-0.1, -0.05) is 78.9 Å². The Labute approximate surface area is 268 Å². The number of hydrogen-bond donors (Lipinski definition) is 0. The zero-order valence-electron chi connectivity index (χ0n) is 25.1. The lowest BCUT2D eigenvalue weighted by Crippen LogP contribution is -1.98. The van der Waals surface area contributed by atoms with Crippen LogP contribution in [-0.4, -0.2) is 4.57 Å². The second kappa shape index (κ2) is 9.71. The van der Waals surface area contributed by atoms with Gasteiger partial charge in [-0.2, -0.15) is 5.26 Å². The van der Waals surface area contributed by atoms with Gasteiger partial charge in [0.1, 0.15) is 22.3 Å². The molecule has 10 rings (SSSR count). The molecule has 0 unspecified atom stereocenters. The second-order valence-electron chi connectivity index (χ2n) is 12.0. The van der Waals surface area contributed by atoms with Gasteiger partial charge >= 0.3 is 0 Å². The standard InChI is InChI=1S/C43H24N2O2/c44-25-26-14-17-39(45-37-12-6-4-10-30(37)31-11-5-7-13-38(31)45)32(20-26)29-16-19-41-34(22-29)36-23-35-33-21-28(27-8-2-1-3-9-27)15-18-40(33)46-42(35)24-43(36)47-41/h1-24H. The minimum atomic E-state index is 0.613. The fourth-order valence-electron chi connectivity index (χ4n) is 7.24. The van der Waals surface area contributed by atoms with Crippen LogP contribution in [0.5, 0.6) is 0 Å².